The Hall–Kier alpha value is -1.06. The van der Waals surface area contributed by atoms with Crippen molar-refractivity contribution in [3.8, 4) is 0 Å². The van der Waals surface area contributed by atoms with E-state index in [2.05, 4.69) is 0 Å². The largest absolute Gasteiger partial charge is 0.444 e. The van der Waals surface area contributed by atoms with Crippen LogP contribution in [0.2, 0.25) is 0 Å². The van der Waals surface area contributed by atoms with Gasteiger partial charge in [-0.05, 0) is 51.9 Å². The topological polar surface area (TPSA) is 46.6 Å². The van der Waals surface area contributed by atoms with Gasteiger partial charge in [0.25, 0.3) is 0 Å². The predicted molar refractivity (Wildman–Crippen MR) is 70.7 cm³/mol. The van der Waals surface area contributed by atoms with E-state index in [0.717, 1.165) is 32.2 Å². The minimum atomic E-state index is -0.411. The van der Waals surface area contributed by atoms with Gasteiger partial charge < -0.3 is 14.4 Å². The molecule has 0 bridgehead atoms. The van der Waals surface area contributed by atoms with E-state index in [1.54, 1.807) is 0 Å². The molecule has 1 aliphatic heterocycles. The maximum absolute atomic E-state index is 11.9. The van der Waals surface area contributed by atoms with E-state index in [0.29, 0.717) is 16.7 Å². The van der Waals surface area contributed by atoms with E-state index in [9.17, 15) is 9.59 Å². The molecule has 19 heavy (non-hydrogen) atoms. The highest BCUT2D eigenvalue weighted by Gasteiger charge is 2.64. The fourth-order valence-electron chi connectivity index (χ4n) is 4.42. The van der Waals surface area contributed by atoms with E-state index >= 15 is 0 Å². The normalized spacial score (nSPS) is 27.4. The molecule has 0 aromatic carbocycles. The predicted octanol–water partition coefficient (Wildman–Crippen LogP) is 2.61. The number of hydrogen-bond acceptors (Lipinski definition) is 3. The van der Waals surface area contributed by atoms with Crippen LogP contribution in [-0.4, -0.2) is 36.0 Å². The Morgan fingerprint density at radius 2 is 1.79 bits per heavy atom. The van der Waals surface area contributed by atoms with E-state index in [1.165, 1.54) is 12.8 Å². The minimum absolute atomic E-state index is 0.182. The van der Waals surface area contributed by atoms with Crippen molar-refractivity contribution in [3.63, 3.8) is 0 Å². The monoisotopic (exact) mass is 265 g/mol. The number of amides is 1. The van der Waals surface area contributed by atoms with Crippen LogP contribution in [-0.2, 0) is 9.53 Å². The molecule has 106 valence electrons. The van der Waals surface area contributed by atoms with Crippen molar-refractivity contribution in [1.29, 1.82) is 0 Å². The van der Waals surface area contributed by atoms with Crippen molar-refractivity contribution in [2.24, 2.45) is 16.7 Å². The Bertz CT molecular complexity index is 402. The lowest BCUT2D eigenvalue weighted by Crippen LogP contribution is -2.69. The number of carbonyl (C=O) groups excluding carboxylic acids is 2. The number of hydrogen-bond donors (Lipinski definition) is 0. The molecule has 2 spiro atoms. The molecule has 3 rings (SSSR count). The highest BCUT2D eigenvalue weighted by molar-refractivity contribution is 5.69. The molecule has 0 aromatic rings. The fraction of sp³-hybridized carbons (Fsp3) is 0.867. The fourth-order valence-corrected chi connectivity index (χ4v) is 4.42. The van der Waals surface area contributed by atoms with Gasteiger partial charge in [0.15, 0.2) is 0 Å². The SMILES string of the molecule is CC(C)(C)OC(=O)N1CC2(C1)CC1(CC(C=O)C1)C2. The molecule has 1 saturated heterocycles. The second-order valence-electron chi connectivity index (χ2n) is 7.99. The number of nitrogens with zero attached hydrogens (tertiary/aromatic N) is 1. The molecule has 0 N–H and O–H groups in total. The summed E-state index contributed by atoms with van der Waals surface area (Å²) in [5.74, 6) is 0.305. The van der Waals surface area contributed by atoms with Gasteiger partial charge in [0.1, 0.15) is 11.9 Å². The molecule has 4 nitrogen and oxygen atoms in total. The number of aldehydes is 1. The molecule has 0 unspecified atom stereocenters. The zero-order chi connectivity index (χ0) is 13.9. The summed E-state index contributed by atoms with van der Waals surface area (Å²) in [6, 6.07) is 0. The van der Waals surface area contributed by atoms with Crippen molar-refractivity contribution < 1.29 is 14.3 Å². The lowest BCUT2D eigenvalue weighted by Gasteiger charge is -2.68. The Labute approximate surface area is 114 Å². The molecular weight excluding hydrogens is 242 g/mol. The van der Waals surface area contributed by atoms with Gasteiger partial charge in [-0.3, -0.25) is 0 Å². The van der Waals surface area contributed by atoms with Gasteiger partial charge >= 0.3 is 6.09 Å². The molecule has 3 fully saturated rings. The van der Waals surface area contributed by atoms with Crippen molar-refractivity contribution in [2.45, 2.75) is 52.1 Å². The van der Waals surface area contributed by atoms with Gasteiger partial charge in [0.05, 0.1) is 0 Å². The molecule has 0 radical (unpaired) electrons. The number of ether oxygens (including phenoxy) is 1. The maximum atomic E-state index is 11.9. The van der Waals surface area contributed by atoms with E-state index < -0.39 is 5.60 Å². The molecule has 0 atom stereocenters. The Balaban J connectivity index is 1.45. The van der Waals surface area contributed by atoms with Gasteiger partial charge in [-0.25, -0.2) is 4.79 Å². The number of carbonyl (C=O) groups is 2. The Morgan fingerprint density at radius 3 is 2.26 bits per heavy atom. The van der Waals surface area contributed by atoms with Crippen LogP contribution < -0.4 is 0 Å². The summed E-state index contributed by atoms with van der Waals surface area (Å²) in [4.78, 5) is 24.3. The quantitative estimate of drug-likeness (QED) is 0.685. The van der Waals surface area contributed by atoms with Crippen molar-refractivity contribution in [1.82, 2.24) is 4.90 Å². The van der Waals surface area contributed by atoms with Crippen molar-refractivity contribution in [2.75, 3.05) is 13.1 Å². The van der Waals surface area contributed by atoms with Gasteiger partial charge in [0.2, 0.25) is 0 Å². The minimum Gasteiger partial charge on any atom is -0.444 e. The van der Waals surface area contributed by atoms with Crippen LogP contribution in [0.25, 0.3) is 0 Å². The molecule has 0 aromatic heterocycles. The van der Waals surface area contributed by atoms with Crippen LogP contribution in [0.15, 0.2) is 0 Å². The second kappa shape index (κ2) is 3.74. The van der Waals surface area contributed by atoms with Gasteiger partial charge in [-0.2, -0.15) is 0 Å². The van der Waals surface area contributed by atoms with Crippen LogP contribution in [0.5, 0.6) is 0 Å². The van der Waals surface area contributed by atoms with Crippen molar-refractivity contribution >= 4 is 12.4 Å². The summed E-state index contributed by atoms with van der Waals surface area (Å²) in [6.07, 6.45) is 5.46. The number of likely N-dealkylation sites (tertiary alicyclic amines) is 1. The Morgan fingerprint density at radius 1 is 1.21 bits per heavy atom. The van der Waals surface area contributed by atoms with Crippen LogP contribution >= 0.6 is 0 Å². The maximum Gasteiger partial charge on any atom is 0.410 e. The summed E-state index contributed by atoms with van der Waals surface area (Å²) in [5, 5.41) is 0. The van der Waals surface area contributed by atoms with Crippen LogP contribution in [0, 0.1) is 16.7 Å². The highest BCUT2D eigenvalue weighted by atomic mass is 16.6. The lowest BCUT2D eigenvalue weighted by atomic mass is 9.41. The van der Waals surface area contributed by atoms with Crippen molar-refractivity contribution in [3.05, 3.63) is 0 Å². The van der Waals surface area contributed by atoms with Gasteiger partial charge in [0, 0.05) is 24.4 Å². The zero-order valence-electron chi connectivity index (χ0n) is 12.1. The Kier molecular flexibility index (Phi) is 2.55. The summed E-state index contributed by atoms with van der Waals surface area (Å²) >= 11 is 0. The summed E-state index contributed by atoms with van der Waals surface area (Å²) in [6.45, 7) is 7.37. The third kappa shape index (κ3) is 2.15. The second-order valence-corrected chi connectivity index (χ2v) is 7.99. The van der Waals surface area contributed by atoms with Crippen LogP contribution in [0.1, 0.15) is 46.5 Å². The molecular formula is C15H23NO3. The first kappa shape index (κ1) is 12.9. The lowest BCUT2D eigenvalue weighted by molar-refractivity contribution is -0.184. The van der Waals surface area contributed by atoms with Gasteiger partial charge in [-0.1, -0.05) is 0 Å². The summed E-state index contributed by atoms with van der Waals surface area (Å²) in [7, 11) is 0. The van der Waals surface area contributed by atoms with Crippen LogP contribution in [0.4, 0.5) is 4.79 Å². The molecule has 2 saturated carbocycles. The smallest absolute Gasteiger partial charge is 0.410 e. The molecule has 4 heteroatoms. The summed E-state index contributed by atoms with van der Waals surface area (Å²) in [5.41, 5.74) is 0.391. The molecule has 3 aliphatic rings. The van der Waals surface area contributed by atoms with E-state index in [1.807, 2.05) is 25.7 Å². The molecule has 1 amide bonds. The van der Waals surface area contributed by atoms with Crippen LogP contribution in [0.3, 0.4) is 0 Å². The first-order chi connectivity index (χ1) is 8.75. The first-order valence-electron chi connectivity index (χ1n) is 7.18. The standard InChI is InChI=1S/C15H23NO3/c1-13(2,3)19-12(18)16-9-15(10-16)7-14(8-15)4-11(5-14)6-17/h6,11H,4-5,7-10H2,1-3H3. The highest BCUT2D eigenvalue weighted by Crippen LogP contribution is 2.68. The first-order valence-corrected chi connectivity index (χ1v) is 7.18. The van der Waals surface area contributed by atoms with E-state index in [-0.39, 0.29) is 6.09 Å². The third-order valence-corrected chi connectivity index (χ3v) is 4.79. The zero-order valence-corrected chi connectivity index (χ0v) is 12.1. The average molecular weight is 265 g/mol. The molecule has 1 heterocycles. The molecule has 2 aliphatic carbocycles. The number of rotatable bonds is 1. The third-order valence-electron chi connectivity index (χ3n) is 4.79. The average Bonchev–Trinajstić information content (AvgIpc) is 2.07. The summed E-state index contributed by atoms with van der Waals surface area (Å²) < 4.78 is 5.37. The van der Waals surface area contributed by atoms with Gasteiger partial charge in [-0.15, -0.1) is 0 Å². The van der Waals surface area contributed by atoms with E-state index in [4.69, 9.17) is 4.74 Å².